The highest BCUT2D eigenvalue weighted by molar-refractivity contribution is 7.85. The predicted molar refractivity (Wildman–Crippen MR) is 132 cm³/mol. The first-order valence-electron chi connectivity index (χ1n) is 10.6. The summed E-state index contributed by atoms with van der Waals surface area (Å²) in [5.74, 6) is 0.682. The smallest absolute Gasteiger partial charge is 0.325 e. The van der Waals surface area contributed by atoms with Gasteiger partial charge in [-0.1, -0.05) is 36.4 Å². The number of rotatable bonds is 4. The summed E-state index contributed by atoms with van der Waals surface area (Å²) >= 11 is 0. The lowest BCUT2D eigenvalue weighted by Crippen LogP contribution is -2.06. The number of pyridine rings is 2. The van der Waals surface area contributed by atoms with Gasteiger partial charge in [-0.05, 0) is 36.4 Å². The number of benzene rings is 2. The SMILES string of the molecule is FC(F)(F)c1ccc(Nc2cc(-c3ccc4cccnc4c3)ncn2)nc1.O=S(=O)(O)c1ccccc1. The minimum Gasteiger partial charge on any atom is -0.325 e. The zero-order valence-corrected chi connectivity index (χ0v) is 19.6. The minimum absolute atomic E-state index is 0.0741. The quantitative estimate of drug-likeness (QED) is 0.284. The maximum atomic E-state index is 12.6. The van der Waals surface area contributed by atoms with E-state index in [4.69, 9.17) is 4.55 Å². The third-order valence-electron chi connectivity index (χ3n) is 4.96. The predicted octanol–water partition coefficient (Wildman–Crippen LogP) is 5.78. The molecule has 0 aliphatic rings. The van der Waals surface area contributed by atoms with Crippen LogP contribution in [0.25, 0.3) is 22.2 Å². The highest BCUT2D eigenvalue weighted by Gasteiger charge is 2.30. The number of alkyl halides is 3. The van der Waals surface area contributed by atoms with Gasteiger partial charge in [0.05, 0.1) is 21.7 Å². The molecule has 0 amide bonds. The Morgan fingerprint density at radius 2 is 1.57 bits per heavy atom. The number of fused-ring (bicyclic) bond motifs is 1. The van der Waals surface area contributed by atoms with Crippen LogP contribution in [0, 0.1) is 0 Å². The van der Waals surface area contributed by atoms with Crippen LogP contribution in [-0.4, -0.2) is 32.9 Å². The molecule has 0 aliphatic carbocycles. The summed E-state index contributed by atoms with van der Waals surface area (Å²) in [5, 5.41) is 3.90. The number of nitrogens with zero attached hydrogens (tertiary/aromatic N) is 4. The second-order valence-electron chi connectivity index (χ2n) is 7.54. The maximum Gasteiger partial charge on any atom is 0.417 e. The lowest BCUT2D eigenvalue weighted by atomic mass is 10.1. The molecule has 37 heavy (non-hydrogen) atoms. The first-order chi connectivity index (χ1) is 17.6. The number of hydrogen-bond acceptors (Lipinski definition) is 7. The van der Waals surface area contributed by atoms with Crippen molar-refractivity contribution in [2.45, 2.75) is 11.1 Å². The molecule has 0 radical (unpaired) electrons. The molecular formula is C25H18F3N5O3S. The summed E-state index contributed by atoms with van der Waals surface area (Å²) in [6, 6.07) is 21.0. The highest BCUT2D eigenvalue weighted by Crippen LogP contribution is 2.29. The van der Waals surface area contributed by atoms with Crippen LogP contribution in [0.3, 0.4) is 0 Å². The Labute approximate surface area is 209 Å². The molecule has 188 valence electrons. The monoisotopic (exact) mass is 525 g/mol. The molecule has 0 spiro atoms. The molecule has 12 heteroatoms. The zero-order valence-electron chi connectivity index (χ0n) is 18.8. The Morgan fingerprint density at radius 1 is 0.784 bits per heavy atom. The molecule has 3 aromatic heterocycles. The summed E-state index contributed by atoms with van der Waals surface area (Å²) in [7, 11) is -4.00. The first kappa shape index (κ1) is 25.7. The molecule has 0 saturated heterocycles. The van der Waals surface area contributed by atoms with Gasteiger partial charge in [0.2, 0.25) is 0 Å². The second-order valence-corrected chi connectivity index (χ2v) is 8.96. The number of anilines is 2. The van der Waals surface area contributed by atoms with Gasteiger partial charge in [0, 0.05) is 29.4 Å². The fraction of sp³-hybridized carbons (Fsp3) is 0.0400. The summed E-state index contributed by atoms with van der Waals surface area (Å²) in [5.41, 5.74) is 1.55. The van der Waals surface area contributed by atoms with Gasteiger partial charge in [-0.3, -0.25) is 9.54 Å². The first-order valence-corrected chi connectivity index (χ1v) is 12.0. The fourth-order valence-corrected chi connectivity index (χ4v) is 3.67. The van der Waals surface area contributed by atoms with Crippen LogP contribution in [0.4, 0.5) is 24.8 Å². The van der Waals surface area contributed by atoms with E-state index in [1.807, 2.05) is 30.3 Å². The van der Waals surface area contributed by atoms with Crippen LogP contribution in [0.2, 0.25) is 0 Å². The fourth-order valence-electron chi connectivity index (χ4n) is 3.17. The minimum atomic E-state index is -4.42. The third-order valence-corrected chi connectivity index (χ3v) is 5.82. The molecule has 0 atom stereocenters. The highest BCUT2D eigenvalue weighted by atomic mass is 32.2. The third kappa shape index (κ3) is 6.84. The van der Waals surface area contributed by atoms with Crippen molar-refractivity contribution >= 4 is 32.7 Å². The molecule has 0 fully saturated rings. The van der Waals surface area contributed by atoms with Crippen molar-refractivity contribution in [1.29, 1.82) is 0 Å². The average Bonchev–Trinajstić information content (AvgIpc) is 2.89. The molecule has 8 nitrogen and oxygen atoms in total. The Bertz CT molecular complexity index is 1610. The van der Waals surface area contributed by atoms with Gasteiger partial charge in [0.15, 0.2) is 0 Å². The van der Waals surface area contributed by atoms with E-state index in [-0.39, 0.29) is 10.7 Å². The second kappa shape index (κ2) is 10.7. The molecule has 5 aromatic rings. The lowest BCUT2D eigenvalue weighted by Gasteiger charge is -2.09. The van der Waals surface area contributed by atoms with Gasteiger partial charge in [0.25, 0.3) is 10.1 Å². The van der Waals surface area contributed by atoms with Gasteiger partial charge >= 0.3 is 6.18 Å². The summed E-state index contributed by atoms with van der Waals surface area (Å²) in [6.45, 7) is 0. The molecule has 0 saturated carbocycles. The Kier molecular flexibility index (Phi) is 7.41. The van der Waals surface area contributed by atoms with Crippen molar-refractivity contribution < 1.29 is 26.1 Å². The normalized spacial score (nSPS) is 11.5. The largest absolute Gasteiger partial charge is 0.417 e. The molecule has 0 unspecified atom stereocenters. The molecule has 0 aliphatic heterocycles. The summed E-state index contributed by atoms with van der Waals surface area (Å²) in [6.07, 6.45) is -0.545. The molecule has 3 heterocycles. The van der Waals surface area contributed by atoms with E-state index in [1.54, 1.807) is 30.5 Å². The summed E-state index contributed by atoms with van der Waals surface area (Å²) in [4.78, 5) is 16.4. The summed E-state index contributed by atoms with van der Waals surface area (Å²) < 4.78 is 67.1. The number of aromatic nitrogens is 4. The van der Waals surface area contributed by atoms with E-state index in [2.05, 4.69) is 25.3 Å². The van der Waals surface area contributed by atoms with Crippen molar-refractivity contribution in [2.24, 2.45) is 0 Å². The van der Waals surface area contributed by atoms with E-state index in [1.165, 1.54) is 24.5 Å². The average molecular weight is 526 g/mol. The molecular weight excluding hydrogens is 507 g/mol. The van der Waals surface area contributed by atoms with Gasteiger partial charge < -0.3 is 5.32 Å². The van der Waals surface area contributed by atoms with Crippen molar-refractivity contribution in [3.63, 3.8) is 0 Å². The number of hydrogen-bond donors (Lipinski definition) is 2. The number of nitrogens with one attached hydrogen (secondary N) is 1. The van der Waals surface area contributed by atoms with Crippen LogP contribution < -0.4 is 5.32 Å². The van der Waals surface area contributed by atoms with Crippen LogP contribution in [0.1, 0.15) is 5.56 Å². The van der Waals surface area contributed by atoms with Gasteiger partial charge in [0.1, 0.15) is 18.0 Å². The van der Waals surface area contributed by atoms with Gasteiger partial charge in [-0.15, -0.1) is 0 Å². The van der Waals surface area contributed by atoms with Crippen molar-refractivity contribution in [3.8, 4) is 11.3 Å². The van der Waals surface area contributed by atoms with Crippen molar-refractivity contribution in [2.75, 3.05) is 5.32 Å². The Balaban J connectivity index is 0.000000270. The Hall–Kier alpha value is -4.42. The van der Waals surface area contributed by atoms with E-state index in [0.717, 1.165) is 28.7 Å². The lowest BCUT2D eigenvalue weighted by molar-refractivity contribution is -0.137. The van der Waals surface area contributed by atoms with E-state index in [0.29, 0.717) is 11.5 Å². The maximum absolute atomic E-state index is 12.6. The molecule has 5 rings (SSSR count). The Morgan fingerprint density at radius 3 is 2.22 bits per heavy atom. The van der Waals surface area contributed by atoms with Gasteiger partial charge in [-0.2, -0.15) is 21.6 Å². The number of halogens is 3. The molecule has 2 aromatic carbocycles. The van der Waals surface area contributed by atoms with Crippen LogP contribution in [0.15, 0.2) is 102 Å². The topological polar surface area (TPSA) is 118 Å². The standard InChI is InChI=1S/C19H12F3N5.C6H6O3S/c20-19(21,22)14-5-6-17(24-10-14)27-18-9-16(25-11-26-18)13-4-3-12-2-1-7-23-15(12)8-13;7-10(8,9)6-4-2-1-3-5-6/h1-11H,(H,24,25,26,27);1-5H,(H,7,8,9). The van der Waals surface area contributed by atoms with E-state index < -0.39 is 21.9 Å². The van der Waals surface area contributed by atoms with Crippen LogP contribution in [-0.2, 0) is 16.3 Å². The van der Waals surface area contributed by atoms with E-state index >= 15 is 0 Å². The van der Waals surface area contributed by atoms with Crippen molar-refractivity contribution in [1.82, 2.24) is 19.9 Å². The molecule has 2 N–H and O–H groups in total. The van der Waals surface area contributed by atoms with Crippen molar-refractivity contribution in [3.05, 3.63) is 103 Å². The molecule has 0 bridgehead atoms. The zero-order chi connectivity index (χ0) is 26.5. The van der Waals surface area contributed by atoms with Crippen LogP contribution in [0.5, 0.6) is 0 Å². The van der Waals surface area contributed by atoms with E-state index in [9.17, 15) is 21.6 Å². The van der Waals surface area contributed by atoms with Gasteiger partial charge in [-0.25, -0.2) is 15.0 Å². The van der Waals surface area contributed by atoms with Crippen LogP contribution >= 0.6 is 0 Å².